The minimum absolute atomic E-state index is 0.0310. The van der Waals surface area contributed by atoms with Crippen molar-refractivity contribution in [2.24, 2.45) is 0 Å². The van der Waals surface area contributed by atoms with Gasteiger partial charge in [-0.1, -0.05) is 38.8 Å². The molecule has 0 spiro atoms. The minimum atomic E-state index is -0.257. The molecule has 0 bridgehead atoms. The standard InChI is InChI=1S/C11H13Br2NO2/c1-3-8(6-14(15)16)11-9(12)4-7(2)5-10(11)13/h4-5,8H,3,6H2,1-2H3. The molecule has 5 heteroatoms. The first kappa shape index (κ1) is 13.6. The predicted octanol–water partition coefficient (Wildman–Crippen LogP) is 4.29. The van der Waals surface area contributed by atoms with Gasteiger partial charge in [-0.3, -0.25) is 10.1 Å². The van der Waals surface area contributed by atoms with Crippen LogP contribution >= 0.6 is 31.9 Å². The molecule has 0 aromatic heterocycles. The van der Waals surface area contributed by atoms with Gasteiger partial charge in [0.05, 0.1) is 5.92 Å². The fraction of sp³-hybridized carbons (Fsp3) is 0.455. The molecule has 0 aliphatic rings. The van der Waals surface area contributed by atoms with Gasteiger partial charge in [0.2, 0.25) is 6.54 Å². The number of hydrogen-bond donors (Lipinski definition) is 0. The predicted molar refractivity (Wildman–Crippen MR) is 71.5 cm³/mol. The molecule has 1 aromatic carbocycles. The summed E-state index contributed by atoms with van der Waals surface area (Å²) in [5, 5.41) is 10.6. The van der Waals surface area contributed by atoms with Gasteiger partial charge in [-0.05, 0) is 36.6 Å². The quantitative estimate of drug-likeness (QED) is 0.600. The number of nitro groups is 1. The molecular formula is C11H13Br2NO2. The van der Waals surface area contributed by atoms with Crippen molar-refractivity contribution in [3.63, 3.8) is 0 Å². The highest BCUT2D eigenvalue weighted by Gasteiger charge is 2.21. The number of nitrogens with zero attached hydrogens (tertiary/aromatic N) is 1. The van der Waals surface area contributed by atoms with Crippen LogP contribution in [0.2, 0.25) is 0 Å². The van der Waals surface area contributed by atoms with Gasteiger partial charge in [0.25, 0.3) is 0 Å². The Morgan fingerprint density at radius 3 is 2.25 bits per heavy atom. The van der Waals surface area contributed by atoms with Gasteiger partial charge in [-0.25, -0.2) is 0 Å². The lowest BCUT2D eigenvalue weighted by molar-refractivity contribution is -0.483. The monoisotopic (exact) mass is 349 g/mol. The smallest absolute Gasteiger partial charge is 0.210 e. The molecule has 0 radical (unpaired) electrons. The highest BCUT2D eigenvalue weighted by molar-refractivity contribution is 9.11. The number of halogens is 2. The molecule has 1 unspecified atom stereocenters. The van der Waals surface area contributed by atoms with E-state index in [0.717, 1.165) is 26.5 Å². The molecule has 0 aliphatic carbocycles. The Hall–Kier alpha value is -0.420. The molecule has 0 aliphatic heterocycles. The lowest BCUT2D eigenvalue weighted by Gasteiger charge is -2.15. The maximum Gasteiger partial charge on any atom is 0.210 e. The Morgan fingerprint density at radius 2 is 1.88 bits per heavy atom. The van der Waals surface area contributed by atoms with E-state index < -0.39 is 0 Å². The summed E-state index contributed by atoms with van der Waals surface area (Å²) in [6.45, 7) is 3.93. The average Bonchev–Trinajstić information content (AvgIpc) is 2.13. The first-order valence-electron chi connectivity index (χ1n) is 5.03. The third kappa shape index (κ3) is 3.28. The van der Waals surface area contributed by atoms with Gasteiger partial charge in [0.1, 0.15) is 0 Å². The van der Waals surface area contributed by atoms with Gasteiger partial charge in [-0.2, -0.15) is 0 Å². The SMILES string of the molecule is CCC(C[N+](=O)[O-])c1c(Br)cc(C)cc1Br. The van der Waals surface area contributed by atoms with E-state index in [0.29, 0.717) is 0 Å². The number of aryl methyl sites for hydroxylation is 1. The first-order chi connectivity index (χ1) is 7.45. The molecule has 88 valence electrons. The van der Waals surface area contributed by atoms with Gasteiger partial charge >= 0.3 is 0 Å². The molecule has 16 heavy (non-hydrogen) atoms. The van der Waals surface area contributed by atoms with Crippen LogP contribution in [0.3, 0.4) is 0 Å². The van der Waals surface area contributed by atoms with Gasteiger partial charge < -0.3 is 0 Å². The van der Waals surface area contributed by atoms with Crippen LogP contribution < -0.4 is 0 Å². The summed E-state index contributed by atoms with van der Waals surface area (Å²) in [6.07, 6.45) is 0.751. The molecule has 3 nitrogen and oxygen atoms in total. The van der Waals surface area contributed by atoms with E-state index in [1.54, 1.807) is 0 Å². The number of hydrogen-bond acceptors (Lipinski definition) is 2. The summed E-state index contributed by atoms with van der Waals surface area (Å²) in [6, 6.07) is 3.98. The second kappa shape index (κ2) is 5.77. The Balaban J connectivity index is 3.14. The van der Waals surface area contributed by atoms with Crippen molar-refractivity contribution in [2.45, 2.75) is 26.2 Å². The third-order valence-electron chi connectivity index (χ3n) is 2.49. The fourth-order valence-electron chi connectivity index (χ4n) is 1.71. The van der Waals surface area contributed by atoms with Gasteiger partial charge in [-0.15, -0.1) is 0 Å². The Kier molecular flexibility index (Phi) is 4.92. The van der Waals surface area contributed by atoms with Crippen molar-refractivity contribution in [3.8, 4) is 0 Å². The highest BCUT2D eigenvalue weighted by atomic mass is 79.9. The van der Waals surface area contributed by atoms with Crippen molar-refractivity contribution in [2.75, 3.05) is 6.54 Å². The molecular weight excluding hydrogens is 338 g/mol. The van der Waals surface area contributed by atoms with E-state index >= 15 is 0 Å². The Bertz CT molecular complexity index is 384. The molecule has 0 fully saturated rings. The molecule has 0 heterocycles. The lowest BCUT2D eigenvalue weighted by atomic mass is 9.96. The van der Waals surface area contributed by atoms with Crippen molar-refractivity contribution in [1.82, 2.24) is 0 Å². The minimum Gasteiger partial charge on any atom is -0.265 e. The fourth-order valence-corrected chi connectivity index (χ4v) is 3.77. The number of rotatable bonds is 4. The van der Waals surface area contributed by atoms with Crippen LogP contribution in [0.15, 0.2) is 21.1 Å². The van der Waals surface area contributed by atoms with Crippen LogP contribution in [-0.2, 0) is 0 Å². The van der Waals surface area contributed by atoms with Crippen molar-refractivity contribution in [3.05, 3.63) is 42.3 Å². The normalized spacial score (nSPS) is 12.5. The molecule has 0 amide bonds. The zero-order chi connectivity index (χ0) is 12.3. The van der Waals surface area contributed by atoms with Crippen LogP contribution in [0.25, 0.3) is 0 Å². The molecule has 1 aromatic rings. The second-order valence-corrected chi connectivity index (χ2v) is 5.47. The topological polar surface area (TPSA) is 43.1 Å². The molecule has 0 saturated heterocycles. The summed E-state index contributed by atoms with van der Waals surface area (Å²) in [5.74, 6) is -0.0562. The summed E-state index contributed by atoms with van der Waals surface area (Å²) in [5.41, 5.74) is 2.11. The Labute approximate surface area is 112 Å². The zero-order valence-electron chi connectivity index (χ0n) is 9.17. The third-order valence-corrected chi connectivity index (χ3v) is 3.81. The van der Waals surface area contributed by atoms with E-state index in [1.165, 1.54) is 0 Å². The van der Waals surface area contributed by atoms with Crippen LogP contribution in [0.1, 0.15) is 30.4 Å². The summed E-state index contributed by atoms with van der Waals surface area (Å²) in [4.78, 5) is 10.3. The van der Waals surface area contributed by atoms with E-state index in [1.807, 2.05) is 26.0 Å². The van der Waals surface area contributed by atoms with Crippen LogP contribution in [0.5, 0.6) is 0 Å². The largest absolute Gasteiger partial charge is 0.265 e. The average molecular weight is 351 g/mol. The highest BCUT2D eigenvalue weighted by Crippen LogP contribution is 2.35. The summed E-state index contributed by atoms with van der Waals surface area (Å²) < 4.78 is 1.88. The van der Waals surface area contributed by atoms with Crippen LogP contribution in [0, 0.1) is 17.0 Å². The summed E-state index contributed by atoms with van der Waals surface area (Å²) >= 11 is 6.95. The molecule has 1 atom stereocenters. The second-order valence-electron chi connectivity index (χ2n) is 3.76. The van der Waals surface area contributed by atoms with Gasteiger partial charge in [0.15, 0.2) is 0 Å². The number of benzene rings is 1. The molecule has 0 saturated carbocycles. The van der Waals surface area contributed by atoms with Crippen molar-refractivity contribution in [1.29, 1.82) is 0 Å². The van der Waals surface area contributed by atoms with E-state index in [9.17, 15) is 10.1 Å². The zero-order valence-corrected chi connectivity index (χ0v) is 12.3. The van der Waals surface area contributed by atoms with Crippen LogP contribution in [-0.4, -0.2) is 11.5 Å². The van der Waals surface area contributed by atoms with E-state index in [-0.39, 0.29) is 17.4 Å². The molecule has 0 N–H and O–H groups in total. The lowest BCUT2D eigenvalue weighted by Crippen LogP contribution is -2.13. The maximum atomic E-state index is 10.6. The van der Waals surface area contributed by atoms with Crippen LogP contribution in [0.4, 0.5) is 0 Å². The van der Waals surface area contributed by atoms with Crippen molar-refractivity contribution < 1.29 is 4.92 Å². The summed E-state index contributed by atoms with van der Waals surface area (Å²) in [7, 11) is 0. The van der Waals surface area contributed by atoms with Gasteiger partial charge in [0, 0.05) is 13.9 Å². The molecule has 1 rings (SSSR count). The van der Waals surface area contributed by atoms with Crippen molar-refractivity contribution >= 4 is 31.9 Å². The van der Waals surface area contributed by atoms with E-state index in [4.69, 9.17) is 0 Å². The first-order valence-corrected chi connectivity index (χ1v) is 6.61. The Morgan fingerprint density at radius 1 is 1.38 bits per heavy atom. The maximum absolute atomic E-state index is 10.6. The van der Waals surface area contributed by atoms with E-state index in [2.05, 4.69) is 31.9 Å².